The number of hydrogen-bond donors (Lipinski definition) is 0. The van der Waals surface area contributed by atoms with Crippen LogP contribution in [0.15, 0.2) is 24.3 Å². The number of benzene rings is 1. The number of esters is 1. The van der Waals surface area contributed by atoms with Crippen molar-refractivity contribution in [2.45, 2.75) is 6.92 Å². The Kier molecular flexibility index (Phi) is 9.63. The third kappa shape index (κ3) is 6.55. The fourth-order valence-corrected chi connectivity index (χ4v) is 1.38. The van der Waals surface area contributed by atoms with Crippen molar-refractivity contribution in [2.75, 3.05) is 0 Å². The normalized spacial score (nSPS) is 9.69. The number of hydrogen-bond acceptors (Lipinski definition) is 5. The zero-order valence-corrected chi connectivity index (χ0v) is 14.2. The van der Waals surface area contributed by atoms with Gasteiger partial charge in [-0.05, 0) is 25.0 Å². The first-order chi connectivity index (χ1) is 6.39. The average Bonchev–Trinajstić information content (AvgIpc) is 2.02. The van der Waals surface area contributed by atoms with Crippen LogP contribution in [0, 0.1) is 0 Å². The first kappa shape index (κ1) is 19.2. The number of rotatable bonds is 2. The molecule has 0 aliphatic heterocycles. The van der Waals surface area contributed by atoms with E-state index in [1.807, 2.05) is 0 Å². The molecule has 76 valence electrons. The van der Waals surface area contributed by atoms with Crippen molar-refractivity contribution in [3.8, 4) is 5.75 Å². The second-order valence-electron chi connectivity index (χ2n) is 2.59. The summed E-state index contributed by atoms with van der Waals surface area (Å²) in [5, 5.41) is -0.326. The van der Waals surface area contributed by atoms with Crippen molar-refractivity contribution in [1.29, 1.82) is 0 Å². The fraction of sp³-hybridized carbons (Fsp3) is 0.125. The first-order valence-corrected chi connectivity index (χ1v) is 5.25. The minimum atomic E-state index is -4.71. The van der Waals surface area contributed by atoms with Crippen molar-refractivity contribution < 1.29 is 83.0 Å². The molecule has 0 aliphatic rings. The van der Waals surface area contributed by atoms with Gasteiger partial charge in [0.05, 0.1) is 0 Å². The van der Waals surface area contributed by atoms with Gasteiger partial charge in [-0.1, -0.05) is 12.1 Å². The maximum atomic E-state index is 10.5. The molecule has 0 aliphatic carbocycles. The Labute approximate surface area is 137 Å². The molecule has 1 aromatic carbocycles. The Bertz CT molecular complexity index is 386. The molecule has 1 aromatic rings. The summed E-state index contributed by atoms with van der Waals surface area (Å²) in [4.78, 5) is 31.6. The van der Waals surface area contributed by atoms with E-state index in [1.165, 1.54) is 19.1 Å². The molecule has 0 amide bonds. The zero-order valence-electron chi connectivity index (χ0n) is 9.30. The Morgan fingerprint density at radius 3 is 1.94 bits per heavy atom. The molecule has 5 nitrogen and oxygen atoms in total. The van der Waals surface area contributed by atoms with Crippen LogP contribution in [0.4, 0.5) is 0 Å². The summed E-state index contributed by atoms with van der Waals surface area (Å²) in [6.07, 6.45) is 0. The van der Waals surface area contributed by atoms with Gasteiger partial charge in [0.15, 0.2) is 0 Å². The molecular formula is C8H7Na2O5P. The minimum absolute atomic E-state index is 0. The van der Waals surface area contributed by atoms with E-state index >= 15 is 0 Å². The van der Waals surface area contributed by atoms with Crippen molar-refractivity contribution in [2.24, 2.45) is 0 Å². The molecule has 0 spiro atoms. The maximum Gasteiger partial charge on any atom is 1.00 e. The minimum Gasteiger partial charge on any atom is -0.807 e. The zero-order chi connectivity index (χ0) is 10.8. The molecule has 0 saturated heterocycles. The van der Waals surface area contributed by atoms with Gasteiger partial charge in [-0.2, -0.15) is 0 Å². The van der Waals surface area contributed by atoms with E-state index in [4.69, 9.17) is 0 Å². The standard InChI is InChI=1S/C8H9O5P.2Na/c1-6(9)13-7-2-4-8(5-3-7)14(10,11)12;;/h2-5H,1H3,(H2,10,11,12);;/q;2*+1/p-2. The van der Waals surface area contributed by atoms with Crippen molar-refractivity contribution in [3.63, 3.8) is 0 Å². The molecule has 0 atom stereocenters. The van der Waals surface area contributed by atoms with Gasteiger partial charge < -0.3 is 19.1 Å². The molecule has 0 bridgehead atoms. The van der Waals surface area contributed by atoms with Crippen molar-refractivity contribution >= 4 is 18.9 Å². The van der Waals surface area contributed by atoms with Gasteiger partial charge in [0.2, 0.25) is 0 Å². The summed E-state index contributed by atoms with van der Waals surface area (Å²) in [6, 6.07) is 4.69. The summed E-state index contributed by atoms with van der Waals surface area (Å²) in [5.74, 6) is -0.306. The van der Waals surface area contributed by atoms with Crippen LogP contribution in [0.3, 0.4) is 0 Å². The van der Waals surface area contributed by atoms with Gasteiger partial charge >= 0.3 is 65.1 Å². The third-order valence-corrected chi connectivity index (χ3v) is 2.35. The predicted molar refractivity (Wildman–Crippen MR) is 45.0 cm³/mol. The molecule has 0 heterocycles. The van der Waals surface area contributed by atoms with Crippen LogP contribution in [-0.4, -0.2) is 5.97 Å². The van der Waals surface area contributed by atoms with Crippen LogP contribution in [0.5, 0.6) is 5.75 Å². The molecule has 0 saturated carbocycles. The van der Waals surface area contributed by atoms with Crippen LogP contribution in [-0.2, 0) is 9.36 Å². The summed E-state index contributed by atoms with van der Waals surface area (Å²) in [6.45, 7) is 1.22. The van der Waals surface area contributed by atoms with Gasteiger partial charge in [0.1, 0.15) is 5.75 Å². The van der Waals surface area contributed by atoms with Gasteiger partial charge in [0.25, 0.3) is 0 Å². The second-order valence-corrected chi connectivity index (χ2v) is 4.10. The van der Waals surface area contributed by atoms with Crippen LogP contribution >= 0.6 is 7.60 Å². The van der Waals surface area contributed by atoms with E-state index in [0.29, 0.717) is 0 Å². The Hall–Kier alpha value is 0.840. The van der Waals surface area contributed by atoms with Crippen molar-refractivity contribution in [1.82, 2.24) is 0 Å². The molecule has 8 heteroatoms. The molecule has 0 fully saturated rings. The number of carbonyl (C=O) groups is 1. The van der Waals surface area contributed by atoms with E-state index in [2.05, 4.69) is 4.74 Å². The van der Waals surface area contributed by atoms with Gasteiger partial charge in [-0.3, -0.25) is 4.79 Å². The number of ether oxygens (including phenoxy) is 1. The average molecular weight is 260 g/mol. The Morgan fingerprint density at radius 2 is 1.62 bits per heavy atom. The van der Waals surface area contributed by atoms with E-state index < -0.39 is 13.6 Å². The van der Waals surface area contributed by atoms with Crippen LogP contribution in [0.2, 0.25) is 0 Å². The van der Waals surface area contributed by atoms with Crippen LogP contribution in [0.1, 0.15) is 6.92 Å². The van der Waals surface area contributed by atoms with Gasteiger partial charge in [-0.25, -0.2) is 0 Å². The monoisotopic (exact) mass is 260 g/mol. The van der Waals surface area contributed by atoms with E-state index in [0.717, 1.165) is 12.1 Å². The summed E-state index contributed by atoms with van der Waals surface area (Å²) in [5.41, 5.74) is 0. The molecule has 0 unspecified atom stereocenters. The molecule has 0 N–H and O–H groups in total. The molecule has 0 radical (unpaired) electrons. The summed E-state index contributed by atoms with van der Waals surface area (Å²) < 4.78 is 15.2. The van der Waals surface area contributed by atoms with Gasteiger partial charge in [-0.15, -0.1) is 0 Å². The maximum absolute atomic E-state index is 10.5. The predicted octanol–water partition coefficient (Wildman–Crippen LogP) is -6.84. The fourth-order valence-electron chi connectivity index (χ4n) is 0.863. The molecule has 0 aromatic heterocycles. The van der Waals surface area contributed by atoms with Crippen LogP contribution < -0.4 is 78.9 Å². The largest absolute Gasteiger partial charge is 1.00 e. The van der Waals surface area contributed by atoms with Crippen LogP contribution in [0.25, 0.3) is 0 Å². The van der Waals surface area contributed by atoms with Gasteiger partial charge in [0, 0.05) is 6.92 Å². The summed E-state index contributed by atoms with van der Waals surface area (Å²) in [7, 11) is -4.71. The van der Waals surface area contributed by atoms with E-state index in [9.17, 15) is 19.1 Å². The Morgan fingerprint density at radius 1 is 1.19 bits per heavy atom. The molecule has 16 heavy (non-hydrogen) atoms. The molecule has 1 rings (SSSR count). The van der Waals surface area contributed by atoms with Crippen molar-refractivity contribution in [3.05, 3.63) is 24.3 Å². The smallest absolute Gasteiger partial charge is 0.807 e. The third-order valence-electron chi connectivity index (χ3n) is 1.41. The Balaban J connectivity index is 0. The first-order valence-electron chi connectivity index (χ1n) is 3.71. The van der Waals surface area contributed by atoms with E-state index in [1.54, 1.807) is 0 Å². The molecular weight excluding hydrogens is 253 g/mol. The number of carbonyl (C=O) groups excluding carboxylic acids is 1. The second kappa shape index (κ2) is 8.03. The van der Waals surface area contributed by atoms with E-state index in [-0.39, 0.29) is 70.2 Å². The SMILES string of the molecule is CC(=O)Oc1ccc(P(=O)([O-])[O-])cc1.[Na+].[Na+]. The summed E-state index contributed by atoms with van der Waals surface area (Å²) >= 11 is 0. The topological polar surface area (TPSA) is 89.5 Å². The quantitative estimate of drug-likeness (QED) is 0.228.